The molecule has 0 bridgehead atoms. The largest absolute Gasteiger partial charge is 0.772 e. The number of rotatable bonds is 2. The molecule has 12 heavy (non-hydrogen) atoms. The van der Waals surface area contributed by atoms with E-state index in [4.69, 9.17) is 5.11 Å². The molecule has 3 atom stereocenters. The Labute approximate surface area is 73.3 Å². The van der Waals surface area contributed by atoms with Gasteiger partial charge in [-0.05, 0) is 19.3 Å². The molecule has 1 aliphatic carbocycles. The van der Waals surface area contributed by atoms with Gasteiger partial charge in [-0.15, -0.1) is 0 Å². The quantitative estimate of drug-likeness (QED) is 0.645. The highest BCUT2D eigenvalue weighted by molar-refractivity contribution is 7.79. The van der Waals surface area contributed by atoms with Gasteiger partial charge >= 0.3 is 5.97 Å². The van der Waals surface area contributed by atoms with Gasteiger partial charge in [-0.2, -0.15) is 0 Å². The smallest absolute Gasteiger partial charge is 0.306 e. The molecule has 0 aromatic rings. The second-order valence-corrected chi connectivity index (χ2v) is 4.27. The van der Waals surface area contributed by atoms with E-state index in [0.29, 0.717) is 19.3 Å². The minimum atomic E-state index is -2.10. The Hall–Kier alpha value is -0.420. The highest BCUT2D eigenvalue weighted by atomic mass is 32.2. The molecule has 0 heterocycles. The molecule has 1 N–H and O–H groups in total. The van der Waals surface area contributed by atoms with Crippen LogP contribution in [0.2, 0.25) is 0 Å². The fourth-order valence-electron chi connectivity index (χ4n) is 1.54. The van der Waals surface area contributed by atoms with E-state index in [1.165, 1.54) is 0 Å². The van der Waals surface area contributed by atoms with E-state index in [1.807, 2.05) is 0 Å². The van der Waals surface area contributed by atoms with Crippen molar-refractivity contribution in [2.75, 3.05) is 0 Å². The van der Waals surface area contributed by atoms with Gasteiger partial charge in [-0.1, -0.05) is 17.5 Å². The maximum absolute atomic E-state index is 10.5. The van der Waals surface area contributed by atoms with Crippen LogP contribution < -0.4 is 0 Å². The Bertz CT molecular complexity index is 184. The van der Waals surface area contributed by atoms with Gasteiger partial charge in [0.25, 0.3) is 0 Å². The lowest BCUT2D eigenvalue weighted by atomic mass is 9.89. The third-order valence-corrected chi connectivity index (χ3v) is 3.22. The monoisotopic (exact) mass is 191 g/mol. The van der Waals surface area contributed by atoms with E-state index in [-0.39, 0.29) is 6.42 Å². The van der Waals surface area contributed by atoms with Crippen LogP contribution in [0.5, 0.6) is 0 Å². The summed E-state index contributed by atoms with van der Waals surface area (Å²) in [4.78, 5) is 10.5. The van der Waals surface area contributed by atoms with Crippen LogP contribution in [-0.4, -0.2) is 25.1 Å². The molecule has 5 heteroatoms. The van der Waals surface area contributed by atoms with Crippen LogP contribution in [-0.2, 0) is 15.9 Å². The Morgan fingerprint density at radius 3 is 2.67 bits per heavy atom. The molecule has 0 radical (unpaired) electrons. The van der Waals surface area contributed by atoms with Crippen LogP contribution in [0.25, 0.3) is 0 Å². The summed E-state index contributed by atoms with van der Waals surface area (Å²) >= 11 is -2.10. The van der Waals surface area contributed by atoms with Crippen molar-refractivity contribution >= 4 is 17.0 Å². The zero-order valence-electron chi connectivity index (χ0n) is 6.56. The Morgan fingerprint density at radius 1 is 1.50 bits per heavy atom. The zero-order valence-corrected chi connectivity index (χ0v) is 7.38. The van der Waals surface area contributed by atoms with Gasteiger partial charge in [0.15, 0.2) is 0 Å². The second kappa shape index (κ2) is 4.00. The normalized spacial score (nSPS) is 32.8. The van der Waals surface area contributed by atoms with Crippen molar-refractivity contribution in [1.82, 2.24) is 0 Å². The van der Waals surface area contributed by atoms with Gasteiger partial charge < -0.3 is 9.66 Å². The van der Waals surface area contributed by atoms with Gasteiger partial charge in [0.1, 0.15) is 0 Å². The number of carbonyl (C=O) groups is 1. The topological polar surface area (TPSA) is 77.4 Å². The summed E-state index contributed by atoms with van der Waals surface area (Å²) in [6.45, 7) is 0. The van der Waals surface area contributed by atoms with E-state index in [9.17, 15) is 13.6 Å². The maximum atomic E-state index is 10.5. The van der Waals surface area contributed by atoms with Crippen molar-refractivity contribution < 1.29 is 18.7 Å². The van der Waals surface area contributed by atoms with Crippen molar-refractivity contribution in [3.05, 3.63) is 0 Å². The van der Waals surface area contributed by atoms with Crippen LogP contribution in [0.15, 0.2) is 0 Å². The molecule has 0 amide bonds. The van der Waals surface area contributed by atoms with Crippen LogP contribution in [0, 0.1) is 5.92 Å². The highest BCUT2D eigenvalue weighted by Crippen LogP contribution is 2.26. The number of hydrogen-bond acceptors (Lipinski definition) is 3. The predicted octanol–water partition coefficient (Wildman–Crippen LogP) is 0.509. The molecule has 0 aromatic carbocycles. The average molecular weight is 191 g/mol. The summed E-state index contributed by atoms with van der Waals surface area (Å²) in [7, 11) is 0. The predicted molar refractivity (Wildman–Crippen MR) is 42.3 cm³/mol. The standard InChI is InChI=1S/C7H12O4S/c8-7(9)5-2-1-3-6(4-5)12(10)11/h5-6H,1-4H2,(H,8,9)(H,10,11)/p-1. The van der Waals surface area contributed by atoms with Gasteiger partial charge in [0.2, 0.25) is 0 Å². The zero-order chi connectivity index (χ0) is 9.14. The molecule has 0 spiro atoms. The summed E-state index contributed by atoms with van der Waals surface area (Å²) in [5.41, 5.74) is 0. The van der Waals surface area contributed by atoms with Gasteiger partial charge in [-0.25, -0.2) is 0 Å². The minimum absolute atomic E-state index is 0.283. The number of hydrogen-bond donors (Lipinski definition) is 1. The first-order valence-electron chi connectivity index (χ1n) is 3.92. The Balaban J connectivity index is 2.51. The van der Waals surface area contributed by atoms with E-state index in [2.05, 4.69) is 0 Å². The average Bonchev–Trinajstić information content (AvgIpc) is 2.04. The van der Waals surface area contributed by atoms with Crippen LogP contribution in [0.3, 0.4) is 0 Å². The van der Waals surface area contributed by atoms with Crippen molar-refractivity contribution in [3.63, 3.8) is 0 Å². The molecule has 1 saturated carbocycles. The molecule has 70 valence electrons. The van der Waals surface area contributed by atoms with Crippen molar-refractivity contribution in [2.45, 2.75) is 30.9 Å². The fourth-order valence-corrected chi connectivity index (χ4v) is 2.29. The number of aliphatic carboxylic acids is 1. The van der Waals surface area contributed by atoms with E-state index < -0.39 is 28.2 Å². The molecule has 4 nitrogen and oxygen atoms in total. The SMILES string of the molecule is O=C(O)C1CCCC(S(=O)[O-])C1. The summed E-state index contributed by atoms with van der Waals surface area (Å²) in [6.07, 6.45) is 2.21. The molecule has 3 unspecified atom stereocenters. The van der Waals surface area contributed by atoms with Gasteiger partial charge in [-0.3, -0.25) is 9.00 Å². The molecule has 1 rings (SSSR count). The summed E-state index contributed by atoms with van der Waals surface area (Å²) in [5, 5.41) is 8.19. The minimum Gasteiger partial charge on any atom is -0.772 e. The first-order chi connectivity index (χ1) is 5.61. The third kappa shape index (κ3) is 2.28. The molecule has 0 aromatic heterocycles. The fraction of sp³-hybridized carbons (Fsp3) is 0.857. The molecule has 1 fully saturated rings. The van der Waals surface area contributed by atoms with Gasteiger partial charge in [0, 0.05) is 5.25 Å². The lowest BCUT2D eigenvalue weighted by Crippen LogP contribution is -2.28. The van der Waals surface area contributed by atoms with E-state index in [0.717, 1.165) is 0 Å². The van der Waals surface area contributed by atoms with Crippen LogP contribution in [0.1, 0.15) is 25.7 Å². The summed E-state index contributed by atoms with van der Waals surface area (Å²) < 4.78 is 21.1. The first kappa shape index (κ1) is 9.67. The molecule has 0 saturated heterocycles. The first-order valence-corrected chi connectivity index (χ1v) is 5.06. The van der Waals surface area contributed by atoms with Crippen LogP contribution >= 0.6 is 0 Å². The van der Waals surface area contributed by atoms with E-state index >= 15 is 0 Å². The second-order valence-electron chi connectivity index (χ2n) is 3.08. The molecule has 0 aliphatic heterocycles. The van der Waals surface area contributed by atoms with Crippen molar-refractivity contribution in [2.24, 2.45) is 5.92 Å². The summed E-state index contributed by atoms with van der Waals surface area (Å²) in [5.74, 6) is -1.33. The lowest BCUT2D eigenvalue weighted by Gasteiger charge is -2.27. The highest BCUT2D eigenvalue weighted by Gasteiger charge is 2.27. The van der Waals surface area contributed by atoms with Crippen LogP contribution in [0.4, 0.5) is 0 Å². The molecular weight excluding hydrogens is 180 g/mol. The van der Waals surface area contributed by atoms with E-state index in [1.54, 1.807) is 0 Å². The van der Waals surface area contributed by atoms with Crippen molar-refractivity contribution in [3.8, 4) is 0 Å². The third-order valence-electron chi connectivity index (χ3n) is 2.25. The Kier molecular flexibility index (Phi) is 3.22. The molecule has 1 aliphatic rings. The molecular formula is C7H11O4S-. The lowest BCUT2D eigenvalue weighted by molar-refractivity contribution is -0.142. The number of carboxylic acid groups (broad SMARTS) is 1. The van der Waals surface area contributed by atoms with Gasteiger partial charge in [0.05, 0.1) is 5.92 Å². The van der Waals surface area contributed by atoms with Crippen molar-refractivity contribution in [1.29, 1.82) is 0 Å². The number of carboxylic acids is 1. The maximum Gasteiger partial charge on any atom is 0.306 e. The Morgan fingerprint density at radius 2 is 2.17 bits per heavy atom. The summed E-state index contributed by atoms with van der Waals surface area (Å²) in [6, 6.07) is 0.